The van der Waals surface area contributed by atoms with Crippen LogP contribution in [-0.4, -0.2) is 0 Å². The molecular formula is C48H33N. The highest BCUT2D eigenvalue weighted by Crippen LogP contribution is 2.40. The summed E-state index contributed by atoms with van der Waals surface area (Å²) in [6.45, 7) is 0. The Bertz CT molecular complexity index is 2520. The van der Waals surface area contributed by atoms with Crippen LogP contribution in [0.15, 0.2) is 200 Å². The monoisotopic (exact) mass is 624 g/mol. The first-order valence-corrected chi connectivity index (χ1v) is 16.8. The van der Waals surface area contributed by atoms with Gasteiger partial charge in [0.15, 0.2) is 0 Å². The molecule has 0 atom stereocenters. The van der Waals surface area contributed by atoms with Crippen molar-refractivity contribution in [2.24, 2.45) is 0 Å². The molecule has 0 heterocycles. The number of hydrogen-bond acceptors (Lipinski definition) is 1. The van der Waals surface area contributed by atoms with E-state index in [-0.39, 0.29) is 0 Å². The Labute approximate surface area is 288 Å². The summed E-state index contributed by atoms with van der Waals surface area (Å²) in [5.41, 5.74) is 10.4. The topological polar surface area (TPSA) is 3.24 Å². The first kappa shape index (κ1) is 27.7. The summed E-state index contributed by atoms with van der Waals surface area (Å²) in [6, 6.07) is 69.5. The lowest BCUT2D eigenvalue weighted by Gasteiger charge is -2.26. The second kappa shape index (κ2) is 12.3. The van der Waals surface area contributed by atoms with E-state index in [2.05, 4.69) is 187 Å². The maximum Gasteiger partial charge on any atom is 0.0623 e. The number of fused-ring (bicyclic) bond motifs is 6. The SMILES string of the molecule is [2H]c1ccc2c3ccc(-c4cccc(N(c5ccc(-c6ccccc6)cc5)c5ccc(-c6ccccc6)cc5)c4)cc3c3ccccc3c2c1. The third-order valence-corrected chi connectivity index (χ3v) is 9.58. The van der Waals surface area contributed by atoms with Gasteiger partial charge in [-0.05, 0) is 108 Å². The minimum Gasteiger partial charge on any atom is -0.310 e. The van der Waals surface area contributed by atoms with E-state index < -0.39 is 0 Å². The van der Waals surface area contributed by atoms with Gasteiger partial charge in [-0.1, -0.05) is 158 Å². The Morgan fingerprint density at radius 2 is 0.694 bits per heavy atom. The van der Waals surface area contributed by atoms with Gasteiger partial charge < -0.3 is 4.90 Å². The van der Waals surface area contributed by atoms with E-state index in [1.165, 1.54) is 54.7 Å². The van der Waals surface area contributed by atoms with Gasteiger partial charge in [0.1, 0.15) is 0 Å². The van der Waals surface area contributed by atoms with Gasteiger partial charge in [-0.25, -0.2) is 0 Å². The number of benzene rings is 9. The molecule has 0 bridgehead atoms. The van der Waals surface area contributed by atoms with Crippen LogP contribution in [0, 0.1) is 0 Å². The van der Waals surface area contributed by atoms with E-state index in [0.717, 1.165) is 28.0 Å². The van der Waals surface area contributed by atoms with Crippen LogP contribution in [-0.2, 0) is 0 Å². The molecule has 9 aromatic rings. The van der Waals surface area contributed by atoms with E-state index in [4.69, 9.17) is 1.37 Å². The molecule has 0 amide bonds. The molecule has 1 nitrogen and oxygen atoms in total. The van der Waals surface area contributed by atoms with Crippen molar-refractivity contribution in [1.29, 1.82) is 0 Å². The minimum absolute atomic E-state index is 0.532. The van der Waals surface area contributed by atoms with Crippen LogP contribution in [0.1, 0.15) is 1.37 Å². The average Bonchev–Trinajstić information content (AvgIpc) is 3.19. The maximum atomic E-state index is 8.28. The summed E-state index contributed by atoms with van der Waals surface area (Å²) in [5, 5.41) is 7.12. The average molecular weight is 625 g/mol. The van der Waals surface area contributed by atoms with Crippen LogP contribution >= 0.6 is 0 Å². The normalized spacial score (nSPS) is 11.6. The van der Waals surface area contributed by atoms with Crippen LogP contribution < -0.4 is 4.90 Å². The molecule has 0 aliphatic carbocycles. The molecule has 0 saturated heterocycles. The number of nitrogens with zero attached hydrogens (tertiary/aromatic N) is 1. The second-order valence-corrected chi connectivity index (χ2v) is 12.5. The fourth-order valence-electron chi connectivity index (χ4n) is 7.16. The molecule has 0 fully saturated rings. The minimum atomic E-state index is 0.532. The maximum absolute atomic E-state index is 8.28. The van der Waals surface area contributed by atoms with E-state index in [1.54, 1.807) is 0 Å². The zero-order chi connectivity index (χ0) is 33.4. The van der Waals surface area contributed by atoms with Crippen LogP contribution in [0.3, 0.4) is 0 Å². The van der Waals surface area contributed by atoms with Crippen molar-refractivity contribution in [1.82, 2.24) is 0 Å². The molecule has 0 N–H and O–H groups in total. The molecule has 0 aromatic heterocycles. The highest BCUT2D eigenvalue weighted by Gasteiger charge is 2.15. The van der Waals surface area contributed by atoms with Crippen LogP contribution in [0.25, 0.3) is 65.7 Å². The zero-order valence-electron chi connectivity index (χ0n) is 27.9. The Morgan fingerprint density at radius 3 is 1.31 bits per heavy atom. The Balaban J connectivity index is 1.17. The number of rotatable bonds is 6. The van der Waals surface area contributed by atoms with Gasteiger partial charge in [0, 0.05) is 17.1 Å². The second-order valence-electron chi connectivity index (χ2n) is 12.5. The third kappa shape index (κ3) is 5.32. The number of hydrogen-bond donors (Lipinski definition) is 0. The fourth-order valence-corrected chi connectivity index (χ4v) is 7.16. The molecule has 49 heavy (non-hydrogen) atoms. The van der Waals surface area contributed by atoms with Crippen LogP contribution in [0.4, 0.5) is 17.1 Å². The Morgan fingerprint density at radius 1 is 0.265 bits per heavy atom. The summed E-state index contributed by atoms with van der Waals surface area (Å²) >= 11 is 0. The summed E-state index contributed by atoms with van der Waals surface area (Å²) in [6.07, 6.45) is 0. The Kier molecular flexibility index (Phi) is 6.94. The summed E-state index contributed by atoms with van der Waals surface area (Å²) < 4.78 is 8.28. The highest BCUT2D eigenvalue weighted by molar-refractivity contribution is 6.25. The van der Waals surface area contributed by atoms with Crippen molar-refractivity contribution >= 4 is 49.4 Å². The third-order valence-electron chi connectivity index (χ3n) is 9.58. The molecule has 0 saturated carbocycles. The first-order chi connectivity index (χ1) is 24.7. The van der Waals surface area contributed by atoms with Crippen molar-refractivity contribution in [2.75, 3.05) is 4.90 Å². The van der Waals surface area contributed by atoms with E-state index in [0.29, 0.717) is 6.04 Å². The van der Waals surface area contributed by atoms with E-state index in [1.807, 2.05) is 12.1 Å². The predicted molar refractivity (Wildman–Crippen MR) is 210 cm³/mol. The molecule has 1 heteroatoms. The van der Waals surface area contributed by atoms with Gasteiger partial charge in [-0.3, -0.25) is 0 Å². The quantitative estimate of drug-likeness (QED) is 0.166. The molecule has 230 valence electrons. The van der Waals surface area contributed by atoms with Crippen LogP contribution in [0.5, 0.6) is 0 Å². The van der Waals surface area contributed by atoms with Crippen molar-refractivity contribution < 1.29 is 1.37 Å². The first-order valence-electron chi connectivity index (χ1n) is 17.3. The van der Waals surface area contributed by atoms with Crippen LogP contribution in [0.2, 0.25) is 0 Å². The van der Waals surface area contributed by atoms with Crippen molar-refractivity contribution in [3.63, 3.8) is 0 Å². The van der Waals surface area contributed by atoms with E-state index >= 15 is 0 Å². The Hall–Kier alpha value is -6.44. The van der Waals surface area contributed by atoms with Crippen molar-refractivity contribution in [3.8, 4) is 33.4 Å². The largest absolute Gasteiger partial charge is 0.310 e. The summed E-state index contributed by atoms with van der Waals surface area (Å²) in [7, 11) is 0. The van der Waals surface area contributed by atoms with Gasteiger partial charge in [-0.2, -0.15) is 0 Å². The zero-order valence-corrected chi connectivity index (χ0v) is 26.9. The molecule has 9 aromatic carbocycles. The van der Waals surface area contributed by atoms with Gasteiger partial charge in [0.2, 0.25) is 0 Å². The molecule has 0 unspecified atom stereocenters. The molecule has 9 rings (SSSR count). The molecule has 0 radical (unpaired) electrons. The molecule has 0 aliphatic heterocycles. The lowest BCUT2D eigenvalue weighted by Crippen LogP contribution is -2.10. The van der Waals surface area contributed by atoms with Gasteiger partial charge in [0.25, 0.3) is 0 Å². The van der Waals surface area contributed by atoms with Gasteiger partial charge in [0.05, 0.1) is 1.37 Å². The highest BCUT2D eigenvalue weighted by atomic mass is 15.1. The smallest absolute Gasteiger partial charge is 0.0623 e. The summed E-state index contributed by atoms with van der Waals surface area (Å²) in [4.78, 5) is 2.34. The van der Waals surface area contributed by atoms with Gasteiger partial charge in [-0.15, -0.1) is 0 Å². The van der Waals surface area contributed by atoms with Gasteiger partial charge >= 0.3 is 0 Å². The molecule has 0 aliphatic rings. The lowest BCUT2D eigenvalue weighted by molar-refractivity contribution is 1.28. The fraction of sp³-hybridized carbons (Fsp3) is 0. The summed E-state index contributed by atoms with van der Waals surface area (Å²) in [5.74, 6) is 0. The van der Waals surface area contributed by atoms with E-state index in [9.17, 15) is 0 Å². The van der Waals surface area contributed by atoms with Crippen molar-refractivity contribution in [2.45, 2.75) is 0 Å². The molecule has 0 spiro atoms. The lowest BCUT2D eigenvalue weighted by atomic mass is 9.92. The van der Waals surface area contributed by atoms with Crippen molar-refractivity contribution in [3.05, 3.63) is 200 Å². The number of anilines is 3. The predicted octanol–water partition coefficient (Wildman–Crippen LogP) is 13.6. The molecular weight excluding hydrogens is 591 g/mol. The standard InChI is InChI=1S/C48H33N/c1-3-12-34(13-4-1)36-22-27-40(28-23-36)49(41-29-24-37(25-30-41)35-14-5-2-6-15-35)42-17-11-16-38(32-42)39-26-31-47-45-20-8-7-18-43(45)44-19-9-10-21-46(44)48(47)33-39/h1-33H/i7D.